The van der Waals surface area contributed by atoms with Gasteiger partial charge in [-0.25, -0.2) is 0 Å². The molecular weight excluding hydrogens is 268 g/mol. The van der Waals surface area contributed by atoms with E-state index in [2.05, 4.69) is 5.32 Å². The van der Waals surface area contributed by atoms with Crippen molar-refractivity contribution >= 4 is 28.8 Å². The second-order valence-electron chi connectivity index (χ2n) is 3.83. The third-order valence-electron chi connectivity index (χ3n) is 2.53. The summed E-state index contributed by atoms with van der Waals surface area (Å²) in [5.74, 6) is -0.397. The van der Waals surface area contributed by atoms with Crippen LogP contribution < -0.4 is 11.1 Å². The Hall–Kier alpha value is -1.36. The summed E-state index contributed by atoms with van der Waals surface area (Å²) in [7, 11) is 0. The van der Waals surface area contributed by atoms with Crippen LogP contribution in [0.2, 0.25) is 4.34 Å². The van der Waals surface area contributed by atoms with E-state index in [1.54, 1.807) is 17.4 Å². The molecule has 0 fully saturated rings. The van der Waals surface area contributed by atoms with Gasteiger partial charge in [-0.1, -0.05) is 29.8 Å². The van der Waals surface area contributed by atoms with Crippen molar-refractivity contribution in [2.24, 2.45) is 5.73 Å². The fourth-order valence-corrected chi connectivity index (χ4v) is 2.74. The number of thiophene rings is 1. The number of hydrogen-bond donors (Lipinski definition) is 2. The van der Waals surface area contributed by atoms with Gasteiger partial charge in [0, 0.05) is 23.5 Å². The third kappa shape index (κ3) is 3.32. The van der Waals surface area contributed by atoms with Gasteiger partial charge in [0.25, 0.3) is 0 Å². The highest BCUT2D eigenvalue weighted by Gasteiger charge is 2.06. The molecule has 3 nitrogen and oxygen atoms in total. The quantitative estimate of drug-likeness (QED) is 0.885. The molecule has 0 bridgehead atoms. The minimum absolute atomic E-state index is 0.397. The summed E-state index contributed by atoms with van der Waals surface area (Å²) in [4.78, 5) is 12.4. The molecule has 0 radical (unpaired) electrons. The molecule has 1 aromatic carbocycles. The van der Waals surface area contributed by atoms with E-state index in [4.69, 9.17) is 17.3 Å². The van der Waals surface area contributed by atoms with Gasteiger partial charge < -0.3 is 11.1 Å². The normalized spacial score (nSPS) is 10.5. The van der Waals surface area contributed by atoms with Crippen LogP contribution in [-0.2, 0) is 13.1 Å². The maximum Gasteiger partial charge on any atom is 0.249 e. The van der Waals surface area contributed by atoms with E-state index in [1.165, 1.54) is 0 Å². The van der Waals surface area contributed by atoms with E-state index in [-0.39, 0.29) is 0 Å². The molecule has 94 valence electrons. The van der Waals surface area contributed by atoms with Gasteiger partial charge >= 0.3 is 0 Å². The first kappa shape index (κ1) is 13.1. The summed E-state index contributed by atoms with van der Waals surface area (Å²) < 4.78 is 0.782. The Labute approximate surface area is 115 Å². The number of carbonyl (C=O) groups excluding carboxylic acids is 1. The van der Waals surface area contributed by atoms with Crippen LogP contribution in [0.1, 0.15) is 20.8 Å². The van der Waals surface area contributed by atoms with Crippen molar-refractivity contribution in [2.75, 3.05) is 0 Å². The van der Waals surface area contributed by atoms with Crippen molar-refractivity contribution < 1.29 is 4.79 Å². The average molecular weight is 281 g/mol. The smallest absolute Gasteiger partial charge is 0.249 e. The summed E-state index contributed by atoms with van der Waals surface area (Å²) in [5.41, 5.74) is 6.79. The molecule has 0 unspecified atom stereocenters. The van der Waals surface area contributed by atoms with E-state index in [0.717, 1.165) is 21.3 Å². The van der Waals surface area contributed by atoms with Crippen molar-refractivity contribution in [1.82, 2.24) is 5.32 Å². The summed E-state index contributed by atoms with van der Waals surface area (Å²) in [6.07, 6.45) is 0. The van der Waals surface area contributed by atoms with Crippen molar-refractivity contribution in [3.8, 4) is 0 Å². The fraction of sp³-hybridized carbons (Fsp3) is 0.154. The Balaban J connectivity index is 1.96. The van der Waals surface area contributed by atoms with E-state index in [9.17, 15) is 4.79 Å². The highest BCUT2D eigenvalue weighted by atomic mass is 35.5. The molecule has 2 aromatic rings. The molecular formula is C13H13ClN2OS. The van der Waals surface area contributed by atoms with Gasteiger partial charge in [-0.2, -0.15) is 0 Å². The van der Waals surface area contributed by atoms with Gasteiger partial charge in [-0.3, -0.25) is 4.79 Å². The summed E-state index contributed by atoms with van der Waals surface area (Å²) in [5, 5.41) is 3.27. The number of carbonyl (C=O) groups is 1. The highest BCUT2D eigenvalue weighted by Crippen LogP contribution is 2.21. The first-order valence-electron chi connectivity index (χ1n) is 5.49. The molecule has 0 aliphatic carbocycles. The molecule has 1 amide bonds. The fourth-order valence-electron chi connectivity index (χ4n) is 1.68. The molecule has 2 rings (SSSR count). The van der Waals surface area contributed by atoms with Crippen LogP contribution in [-0.4, -0.2) is 5.91 Å². The molecule has 0 saturated heterocycles. The van der Waals surface area contributed by atoms with E-state index in [1.807, 2.05) is 30.3 Å². The van der Waals surface area contributed by atoms with Gasteiger partial charge in [-0.15, -0.1) is 11.3 Å². The number of benzene rings is 1. The van der Waals surface area contributed by atoms with E-state index in [0.29, 0.717) is 12.1 Å². The Morgan fingerprint density at radius 3 is 2.67 bits per heavy atom. The summed E-state index contributed by atoms with van der Waals surface area (Å²) >= 11 is 7.40. The molecule has 0 aliphatic rings. The lowest BCUT2D eigenvalue weighted by Crippen LogP contribution is -2.18. The van der Waals surface area contributed by atoms with Gasteiger partial charge in [0.2, 0.25) is 5.91 Å². The summed E-state index contributed by atoms with van der Waals surface area (Å²) in [6, 6.07) is 11.2. The predicted molar refractivity (Wildman–Crippen MR) is 74.8 cm³/mol. The van der Waals surface area contributed by atoms with Crippen molar-refractivity contribution in [2.45, 2.75) is 13.1 Å². The highest BCUT2D eigenvalue weighted by molar-refractivity contribution is 7.16. The standard InChI is InChI=1S/C13H13ClN2OS/c14-12-6-5-10(18-12)8-16-7-9-3-1-2-4-11(9)13(15)17/h1-6,16H,7-8H2,(H2,15,17). The number of primary amides is 1. The van der Waals surface area contributed by atoms with Crippen LogP contribution in [0.5, 0.6) is 0 Å². The lowest BCUT2D eigenvalue weighted by atomic mass is 10.1. The van der Waals surface area contributed by atoms with E-state index < -0.39 is 5.91 Å². The Morgan fingerprint density at radius 1 is 1.22 bits per heavy atom. The lowest BCUT2D eigenvalue weighted by Gasteiger charge is -2.07. The number of halogens is 1. The maximum absolute atomic E-state index is 11.2. The molecule has 0 aliphatic heterocycles. The monoisotopic (exact) mass is 280 g/mol. The van der Waals surface area contributed by atoms with Crippen LogP contribution >= 0.6 is 22.9 Å². The molecule has 3 N–H and O–H groups in total. The van der Waals surface area contributed by atoms with Crippen LogP contribution in [0.3, 0.4) is 0 Å². The second kappa shape index (κ2) is 6.00. The zero-order chi connectivity index (χ0) is 13.0. The topological polar surface area (TPSA) is 55.1 Å². The summed E-state index contributed by atoms with van der Waals surface area (Å²) in [6.45, 7) is 1.33. The number of nitrogens with two attached hydrogens (primary N) is 1. The molecule has 18 heavy (non-hydrogen) atoms. The predicted octanol–water partition coefficient (Wildman–Crippen LogP) is 2.79. The average Bonchev–Trinajstić information content (AvgIpc) is 2.75. The van der Waals surface area contributed by atoms with Gasteiger partial charge in [0.05, 0.1) is 4.34 Å². The van der Waals surface area contributed by atoms with Crippen LogP contribution in [0.25, 0.3) is 0 Å². The molecule has 0 atom stereocenters. The molecule has 5 heteroatoms. The first-order valence-corrected chi connectivity index (χ1v) is 6.69. The van der Waals surface area contributed by atoms with Crippen molar-refractivity contribution in [3.63, 3.8) is 0 Å². The van der Waals surface area contributed by atoms with Crippen LogP contribution in [0.15, 0.2) is 36.4 Å². The van der Waals surface area contributed by atoms with Gasteiger partial charge in [0.15, 0.2) is 0 Å². The molecule has 1 heterocycles. The number of rotatable bonds is 5. The van der Waals surface area contributed by atoms with Gasteiger partial charge in [-0.05, 0) is 23.8 Å². The minimum Gasteiger partial charge on any atom is -0.366 e. The van der Waals surface area contributed by atoms with E-state index >= 15 is 0 Å². The zero-order valence-electron chi connectivity index (χ0n) is 9.65. The number of nitrogens with one attached hydrogen (secondary N) is 1. The third-order valence-corrected chi connectivity index (χ3v) is 3.76. The van der Waals surface area contributed by atoms with Crippen LogP contribution in [0, 0.1) is 0 Å². The molecule has 1 aromatic heterocycles. The minimum atomic E-state index is -0.397. The van der Waals surface area contributed by atoms with Crippen LogP contribution in [0.4, 0.5) is 0 Å². The Morgan fingerprint density at radius 2 is 2.00 bits per heavy atom. The van der Waals surface area contributed by atoms with Gasteiger partial charge in [0.1, 0.15) is 0 Å². The maximum atomic E-state index is 11.2. The number of amides is 1. The Bertz CT molecular complexity index is 553. The Kier molecular flexibility index (Phi) is 4.36. The molecule has 0 spiro atoms. The lowest BCUT2D eigenvalue weighted by molar-refractivity contribution is 0.0999. The second-order valence-corrected chi connectivity index (χ2v) is 5.63. The SMILES string of the molecule is NC(=O)c1ccccc1CNCc1ccc(Cl)s1. The number of hydrogen-bond acceptors (Lipinski definition) is 3. The largest absolute Gasteiger partial charge is 0.366 e. The van der Waals surface area contributed by atoms with Crippen molar-refractivity contribution in [3.05, 3.63) is 56.7 Å². The first-order chi connectivity index (χ1) is 8.66. The molecule has 0 saturated carbocycles. The zero-order valence-corrected chi connectivity index (χ0v) is 11.2. The van der Waals surface area contributed by atoms with Crippen molar-refractivity contribution in [1.29, 1.82) is 0 Å².